The molecule has 0 amide bonds. The molecule has 2 aromatic rings. The molecule has 1 aromatic heterocycles. The lowest BCUT2D eigenvalue weighted by atomic mass is 10.2. The topological polar surface area (TPSA) is 25.0 Å². The van der Waals surface area contributed by atoms with Crippen LogP contribution >= 0.6 is 0 Å². The van der Waals surface area contributed by atoms with Crippen molar-refractivity contribution in [3.8, 4) is 5.75 Å². The molecule has 2 rings (SSSR count). The van der Waals surface area contributed by atoms with Gasteiger partial charge in [-0.15, -0.1) is 0 Å². The molecular weight excluding hydrogens is 138 g/mol. The number of aromatic nitrogens is 1. The molecule has 0 radical (unpaired) electrons. The number of hydrogen-bond donors (Lipinski definition) is 1. The van der Waals surface area contributed by atoms with Crippen molar-refractivity contribution in [3.05, 3.63) is 30.5 Å². The molecule has 0 unspecified atom stereocenters. The van der Waals surface area contributed by atoms with Gasteiger partial charge < -0.3 is 9.72 Å². The summed E-state index contributed by atoms with van der Waals surface area (Å²) < 4.78 is 11.9. The summed E-state index contributed by atoms with van der Waals surface area (Å²) in [7, 11) is -0.0318. The molecule has 11 heavy (non-hydrogen) atoms. The minimum Gasteiger partial charge on any atom is -0.497 e. The third kappa shape index (κ3) is 0.963. The Labute approximate surface area is 66.2 Å². The Bertz CT molecular complexity index is 383. The summed E-state index contributed by atoms with van der Waals surface area (Å²) in [5.41, 5.74) is 1.09. The number of rotatable bonds is 1. The molecule has 0 bridgehead atoms. The van der Waals surface area contributed by atoms with E-state index in [0.29, 0.717) is 0 Å². The average molecular weight is 148 g/mol. The molecule has 1 heterocycles. The van der Waals surface area contributed by atoms with Crippen molar-refractivity contribution in [1.29, 1.82) is 0 Å². The van der Waals surface area contributed by atoms with Gasteiger partial charge in [0.1, 0.15) is 5.75 Å². The Balaban J connectivity index is 2.46. The first kappa shape index (κ1) is 5.24. The lowest BCUT2D eigenvalue weighted by Gasteiger charge is -1.97. The van der Waals surface area contributed by atoms with E-state index in [0.717, 1.165) is 16.7 Å². The van der Waals surface area contributed by atoms with Crippen LogP contribution < -0.4 is 4.74 Å². The van der Waals surface area contributed by atoms with Gasteiger partial charge in [0, 0.05) is 17.1 Å². The number of benzene rings is 1. The van der Waals surface area contributed by atoms with E-state index in [1.165, 1.54) is 0 Å². The zero-order valence-corrected chi connectivity index (χ0v) is 6.00. The molecule has 0 aliphatic heterocycles. The van der Waals surface area contributed by atoms with Crippen LogP contribution in [0.25, 0.3) is 10.9 Å². The zero-order chi connectivity index (χ0) is 8.39. The number of nitrogens with one attached hydrogen (secondary N) is 1. The highest BCUT2D eigenvalue weighted by Gasteiger charge is 1.94. The van der Waals surface area contributed by atoms with Gasteiger partial charge in [0.2, 0.25) is 0 Å². The number of ether oxygens (including phenoxy) is 1. The molecule has 0 aliphatic rings. The van der Waals surface area contributed by atoms with Crippen molar-refractivity contribution in [3.63, 3.8) is 0 Å². The minimum absolute atomic E-state index is 0.0318. The summed E-state index contributed by atoms with van der Waals surface area (Å²) in [6, 6.07) is 7.69. The third-order valence-electron chi connectivity index (χ3n) is 1.69. The summed E-state index contributed by atoms with van der Waals surface area (Å²) in [5.74, 6) is 0.747. The molecule has 0 fully saturated rings. The van der Waals surface area contributed by atoms with Gasteiger partial charge in [-0.2, -0.15) is 0 Å². The number of fused-ring (bicyclic) bond motifs is 1. The maximum Gasteiger partial charge on any atom is 0.119 e. The Kier molecular flexibility index (Phi) is 1.10. The maximum atomic E-state index is 6.88. The summed E-state index contributed by atoms with van der Waals surface area (Å²) in [4.78, 5) is 3.09. The van der Waals surface area contributed by atoms with Gasteiger partial charge in [-0.3, -0.25) is 0 Å². The van der Waals surface area contributed by atoms with Crippen LogP contribution in [0.1, 0.15) is 1.37 Å². The van der Waals surface area contributed by atoms with Crippen LogP contribution in [0.15, 0.2) is 30.5 Å². The highest BCUT2D eigenvalue weighted by atomic mass is 16.5. The second kappa shape index (κ2) is 2.31. The Morgan fingerprint density at radius 1 is 1.45 bits per heavy atom. The van der Waals surface area contributed by atoms with Crippen LogP contribution in [0.3, 0.4) is 0 Å². The largest absolute Gasteiger partial charge is 0.497 e. The van der Waals surface area contributed by atoms with Crippen LogP contribution in [0.5, 0.6) is 5.75 Å². The first-order chi connectivity index (χ1) is 5.90. The molecule has 0 saturated heterocycles. The fourth-order valence-electron chi connectivity index (χ4n) is 1.12. The van der Waals surface area contributed by atoms with Crippen molar-refractivity contribution in [1.82, 2.24) is 4.98 Å². The van der Waals surface area contributed by atoms with E-state index in [2.05, 4.69) is 4.98 Å². The molecule has 1 aromatic carbocycles. The van der Waals surface area contributed by atoms with Gasteiger partial charge in [-0.1, -0.05) is 0 Å². The van der Waals surface area contributed by atoms with E-state index < -0.39 is 0 Å². The minimum atomic E-state index is -0.0318. The lowest BCUT2D eigenvalue weighted by molar-refractivity contribution is 0.415. The second-order valence-corrected chi connectivity index (χ2v) is 2.37. The first-order valence-electron chi connectivity index (χ1n) is 4.10. The Morgan fingerprint density at radius 2 is 2.45 bits per heavy atom. The molecule has 0 spiro atoms. The van der Waals surface area contributed by atoms with Crippen molar-refractivity contribution in [2.24, 2.45) is 0 Å². The normalized spacial score (nSPS) is 11.5. The monoisotopic (exact) mass is 148 g/mol. The summed E-state index contributed by atoms with van der Waals surface area (Å²) in [5, 5.41) is 1.11. The van der Waals surface area contributed by atoms with Crippen molar-refractivity contribution in [2.45, 2.75) is 0 Å². The predicted molar refractivity (Wildman–Crippen MR) is 44.9 cm³/mol. The van der Waals surface area contributed by atoms with Crippen LogP contribution in [0.2, 0.25) is 0 Å². The van der Waals surface area contributed by atoms with Crippen molar-refractivity contribution >= 4 is 10.9 Å². The molecule has 1 N–H and O–H groups in total. The number of hydrogen-bond acceptors (Lipinski definition) is 1. The van der Waals surface area contributed by atoms with E-state index in [1.807, 2.05) is 30.5 Å². The predicted octanol–water partition coefficient (Wildman–Crippen LogP) is 2.18. The highest BCUT2D eigenvalue weighted by molar-refractivity contribution is 5.80. The van der Waals surface area contributed by atoms with E-state index in [9.17, 15) is 0 Å². The fraction of sp³-hybridized carbons (Fsp3) is 0.111. The zero-order valence-electron chi connectivity index (χ0n) is 7.00. The fourth-order valence-corrected chi connectivity index (χ4v) is 1.12. The number of methoxy groups -OCH3 is 1. The molecule has 2 nitrogen and oxygen atoms in total. The molecule has 2 heteroatoms. The van der Waals surface area contributed by atoms with Gasteiger partial charge in [0.25, 0.3) is 0 Å². The van der Waals surface area contributed by atoms with Crippen LogP contribution in [-0.4, -0.2) is 12.1 Å². The van der Waals surface area contributed by atoms with Crippen molar-refractivity contribution < 1.29 is 6.11 Å². The maximum absolute atomic E-state index is 6.88. The Morgan fingerprint density at radius 3 is 3.36 bits per heavy atom. The SMILES string of the molecule is [2H]COc1ccc2[nH]ccc2c1. The van der Waals surface area contributed by atoms with Gasteiger partial charge >= 0.3 is 0 Å². The van der Waals surface area contributed by atoms with Gasteiger partial charge in [-0.05, 0) is 24.3 Å². The third-order valence-corrected chi connectivity index (χ3v) is 1.69. The number of H-pyrrole nitrogens is 1. The van der Waals surface area contributed by atoms with E-state index in [4.69, 9.17) is 6.11 Å². The summed E-state index contributed by atoms with van der Waals surface area (Å²) in [6.45, 7) is 0. The summed E-state index contributed by atoms with van der Waals surface area (Å²) >= 11 is 0. The van der Waals surface area contributed by atoms with E-state index >= 15 is 0 Å². The average Bonchev–Trinajstić information content (AvgIpc) is 2.51. The summed E-state index contributed by atoms with van der Waals surface area (Å²) in [6.07, 6.45) is 1.88. The van der Waals surface area contributed by atoms with Crippen molar-refractivity contribution in [2.75, 3.05) is 7.09 Å². The standard InChI is InChI=1S/C9H9NO/c1-11-8-2-3-9-7(6-8)4-5-10-9/h2-6,10H,1H3/i1D. The molecule has 56 valence electrons. The Hall–Kier alpha value is -1.44. The molecular formula is C9H9NO. The second-order valence-electron chi connectivity index (χ2n) is 2.37. The quantitative estimate of drug-likeness (QED) is 0.658. The van der Waals surface area contributed by atoms with Crippen LogP contribution in [0, 0.1) is 0 Å². The molecule has 0 saturated carbocycles. The van der Waals surface area contributed by atoms with Crippen LogP contribution in [-0.2, 0) is 0 Å². The van der Waals surface area contributed by atoms with E-state index in [-0.39, 0.29) is 7.09 Å². The smallest absolute Gasteiger partial charge is 0.119 e. The van der Waals surface area contributed by atoms with Gasteiger partial charge in [0.15, 0.2) is 0 Å². The first-order valence-corrected chi connectivity index (χ1v) is 3.39. The molecule has 0 atom stereocenters. The highest BCUT2D eigenvalue weighted by Crippen LogP contribution is 2.18. The molecule has 0 aliphatic carbocycles. The number of aromatic amines is 1. The van der Waals surface area contributed by atoms with Gasteiger partial charge in [-0.25, -0.2) is 0 Å². The van der Waals surface area contributed by atoms with E-state index in [1.54, 1.807) is 0 Å². The van der Waals surface area contributed by atoms with Crippen LogP contribution in [0.4, 0.5) is 0 Å². The van der Waals surface area contributed by atoms with Gasteiger partial charge in [0.05, 0.1) is 8.46 Å². The lowest BCUT2D eigenvalue weighted by Crippen LogP contribution is -1.80.